The molecule has 0 fully saturated rings. The average Bonchev–Trinajstić information content (AvgIpc) is 3.27. The molecule has 0 aliphatic carbocycles. The number of methoxy groups -OCH3 is 1. The third kappa shape index (κ3) is 3.32. The Balaban J connectivity index is 1.53. The molecule has 26 heavy (non-hydrogen) atoms. The smallest absolute Gasteiger partial charge is 0.265 e. The van der Waals surface area contributed by atoms with Gasteiger partial charge >= 0.3 is 0 Å². The predicted octanol–water partition coefficient (Wildman–Crippen LogP) is 4.81. The summed E-state index contributed by atoms with van der Waals surface area (Å²) in [6, 6.07) is 15.5. The number of nitrogens with one attached hydrogen (secondary N) is 1. The molecule has 2 heterocycles. The second-order valence-electron chi connectivity index (χ2n) is 5.69. The van der Waals surface area contributed by atoms with E-state index in [9.17, 15) is 4.79 Å². The molecule has 4 rings (SSSR count). The Hall–Kier alpha value is -2.02. The van der Waals surface area contributed by atoms with E-state index in [1.54, 1.807) is 18.9 Å². The average molecular weight is 403 g/mol. The summed E-state index contributed by atoms with van der Waals surface area (Å²) in [5.74, 6) is 1.34. The van der Waals surface area contributed by atoms with Crippen molar-refractivity contribution in [3.05, 3.63) is 64.0 Å². The van der Waals surface area contributed by atoms with Crippen LogP contribution in [0.15, 0.2) is 53.5 Å². The maximum absolute atomic E-state index is 12.6. The number of halogens is 1. The van der Waals surface area contributed by atoms with E-state index in [-0.39, 0.29) is 11.4 Å². The van der Waals surface area contributed by atoms with Crippen LogP contribution in [0.1, 0.15) is 15.2 Å². The Labute approximate surface area is 164 Å². The van der Waals surface area contributed by atoms with Crippen molar-refractivity contribution in [2.75, 3.05) is 12.9 Å². The number of hydrogen-bond donors (Lipinski definition) is 1. The lowest BCUT2D eigenvalue weighted by molar-refractivity contribution is 0.0955. The second kappa shape index (κ2) is 7.31. The minimum absolute atomic E-state index is 0.190. The molecule has 0 saturated heterocycles. The maximum Gasteiger partial charge on any atom is 0.265 e. The van der Waals surface area contributed by atoms with E-state index in [0.717, 1.165) is 32.9 Å². The molecule has 1 amide bonds. The van der Waals surface area contributed by atoms with Gasteiger partial charge in [0.15, 0.2) is 5.50 Å². The molecule has 132 valence electrons. The first-order valence-corrected chi connectivity index (χ1v) is 10.2. The molecule has 2 aromatic carbocycles. The largest absolute Gasteiger partial charge is 0.497 e. The number of ether oxygens (including phenoxy) is 1. The Morgan fingerprint density at radius 3 is 2.92 bits per heavy atom. The standard InChI is InChI=1S/C19H15ClN2O2S2/c1-24-12-6-4-5-11(9-12)14-10-25-19(21-14)22-18(23)17-16(20)13-7-2-3-8-15(13)26-17/h2-9,19H,10H2,1H3,(H,22,23)/t19-/m0/s1. The molecule has 1 aromatic heterocycles. The van der Waals surface area contributed by atoms with Crippen molar-refractivity contribution in [1.82, 2.24) is 5.32 Å². The number of fused-ring (bicyclic) bond motifs is 1. The van der Waals surface area contributed by atoms with Gasteiger partial charge in [0.25, 0.3) is 5.91 Å². The zero-order chi connectivity index (χ0) is 18.1. The minimum Gasteiger partial charge on any atom is -0.497 e. The molecule has 1 aliphatic heterocycles. The van der Waals surface area contributed by atoms with Gasteiger partial charge in [-0.15, -0.1) is 23.1 Å². The van der Waals surface area contributed by atoms with E-state index >= 15 is 0 Å². The molecule has 4 nitrogen and oxygen atoms in total. The monoisotopic (exact) mass is 402 g/mol. The van der Waals surface area contributed by atoms with Gasteiger partial charge in [-0.1, -0.05) is 41.9 Å². The number of benzene rings is 2. The van der Waals surface area contributed by atoms with Crippen LogP contribution in [0.3, 0.4) is 0 Å². The summed E-state index contributed by atoms with van der Waals surface area (Å²) in [5.41, 5.74) is 1.64. The third-order valence-corrected chi connectivity index (χ3v) is 6.70. The van der Waals surface area contributed by atoms with Crippen LogP contribution in [0.25, 0.3) is 10.1 Å². The summed E-state index contributed by atoms with van der Waals surface area (Å²) in [6.07, 6.45) is 0. The van der Waals surface area contributed by atoms with Gasteiger partial charge < -0.3 is 10.1 Å². The van der Waals surface area contributed by atoms with Crippen LogP contribution in [0.2, 0.25) is 5.02 Å². The lowest BCUT2D eigenvalue weighted by atomic mass is 10.1. The fraction of sp³-hybridized carbons (Fsp3) is 0.158. The van der Waals surface area contributed by atoms with Crippen LogP contribution in [0, 0.1) is 0 Å². The van der Waals surface area contributed by atoms with E-state index in [1.807, 2.05) is 48.5 Å². The number of thiophene rings is 1. The number of hydrogen-bond acceptors (Lipinski definition) is 5. The lowest BCUT2D eigenvalue weighted by Gasteiger charge is -2.08. The third-order valence-electron chi connectivity index (χ3n) is 4.05. The summed E-state index contributed by atoms with van der Waals surface area (Å²) in [4.78, 5) is 17.8. The summed E-state index contributed by atoms with van der Waals surface area (Å²) in [5, 5.41) is 4.37. The quantitative estimate of drug-likeness (QED) is 0.681. The van der Waals surface area contributed by atoms with Gasteiger partial charge in [0, 0.05) is 21.4 Å². The fourth-order valence-corrected chi connectivity index (χ4v) is 5.12. The molecule has 0 unspecified atom stereocenters. The summed E-state index contributed by atoms with van der Waals surface area (Å²) in [6.45, 7) is 0. The number of amides is 1. The molecule has 3 aromatic rings. The molecule has 0 bridgehead atoms. The molecule has 7 heteroatoms. The van der Waals surface area contributed by atoms with Crippen molar-refractivity contribution in [1.29, 1.82) is 0 Å². The normalized spacial score (nSPS) is 16.5. The summed E-state index contributed by atoms with van der Waals surface area (Å²) < 4.78 is 6.26. The van der Waals surface area contributed by atoms with Gasteiger partial charge in [-0.2, -0.15) is 0 Å². The zero-order valence-corrected chi connectivity index (χ0v) is 16.3. The van der Waals surface area contributed by atoms with Crippen molar-refractivity contribution in [2.24, 2.45) is 4.99 Å². The molecule has 0 spiro atoms. The van der Waals surface area contributed by atoms with E-state index in [4.69, 9.17) is 16.3 Å². The van der Waals surface area contributed by atoms with E-state index in [2.05, 4.69) is 10.3 Å². The van der Waals surface area contributed by atoms with E-state index < -0.39 is 0 Å². The first-order valence-electron chi connectivity index (χ1n) is 7.96. The molecule has 0 saturated carbocycles. The predicted molar refractivity (Wildman–Crippen MR) is 110 cm³/mol. The SMILES string of the molecule is COc1cccc(C2=N[C@@H](NC(=O)c3sc4ccccc4c3Cl)SC2)c1. The Morgan fingerprint density at radius 2 is 2.12 bits per heavy atom. The number of rotatable bonds is 4. The highest BCUT2D eigenvalue weighted by atomic mass is 35.5. The Kier molecular flexibility index (Phi) is 4.89. The molecular weight excluding hydrogens is 388 g/mol. The van der Waals surface area contributed by atoms with Crippen LogP contribution in [-0.2, 0) is 0 Å². The van der Waals surface area contributed by atoms with Crippen LogP contribution in [0.5, 0.6) is 5.75 Å². The first-order chi connectivity index (χ1) is 12.7. The van der Waals surface area contributed by atoms with Crippen molar-refractivity contribution in [3.8, 4) is 5.75 Å². The number of nitrogens with zero attached hydrogens (tertiary/aromatic N) is 1. The highest BCUT2D eigenvalue weighted by Gasteiger charge is 2.24. The van der Waals surface area contributed by atoms with Crippen LogP contribution < -0.4 is 10.1 Å². The highest BCUT2D eigenvalue weighted by molar-refractivity contribution is 8.00. The van der Waals surface area contributed by atoms with Gasteiger partial charge in [0.1, 0.15) is 10.6 Å². The second-order valence-corrected chi connectivity index (χ2v) is 8.18. The molecule has 1 aliphatic rings. The van der Waals surface area contributed by atoms with Gasteiger partial charge in [0.05, 0.1) is 17.8 Å². The Bertz CT molecular complexity index is 1020. The lowest BCUT2D eigenvalue weighted by Crippen LogP contribution is -2.29. The maximum atomic E-state index is 12.6. The van der Waals surface area contributed by atoms with E-state index in [1.165, 1.54) is 11.3 Å². The first kappa shape index (κ1) is 17.4. The zero-order valence-electron chi connectivity index (χ0n) is 13.9. The van der Waals surface area contributed by atoms with Crippen molar-refractivity contribution in [2.45, 2.75) is 5.50 Å². The van der Waals surface area contributed by atoms with Crippen molar-refractivity contribution >= 4 is 56.4 Å². The molecular formula is C19H15ClN2O2S2. The fourth-order valence-electron chi connectivity index (χ4n) is 2.75. The van der Waals surface area contributed by atoms with Crippen LogP contribution in [-0.4, -0.2) is 30.0 Å². The van der Waals surface area contributed by atoms with Crippen LogP contribution in [0.4, 0.5) is 0 Å². The molecule has 1 atom stereocenters. The summed E-state index contributed by atoms with van der Waals surface area (Å²) >= 11 is 9.37. The number of carbonyl (C=O) groups is 1. The van der Waals surface area contributed by atoms with Gasteiger partial charge in [-0.05, 0) is 18.2 Å². The van der Waals surface area contributed by atoms with Gasteiger partial charge in [0.2, 0.25) is 0 Å². The summed E-state index contributed by atoms with van der Waals surface area (Å²) in [7, 11) is 1.64. The van der Waals surface area contributed by atoms with Crippen molar-refractivity contribution in [3.63, 3.8) is 0 Å². The Morgan fingerprint density at radius 1 is 1.27 bits per heavy atom. The minimum atomic E-state index is -0.315. The van der Waals surface area contributed by atoms with Gasteiger partial charge in [-0.25, -0.2) is 0 Å². The highest BCUT2D eigenvalue weighted by Crippen LogP contribution is 2.35. The van der Waals surface area contributed by atoms with Gasteiger partial charge in [-0.3, -0.25) is 9.79 Å². The van der Waals surface area contributed by atoms with Crippen molar-refractivity contribution < 1.29 is 9.53 Å². The number of carbonyl (C=O) groups excluding carboxylic acids is 1. The molecule has 1 N–H and O–H groups in total. The van der Waals surface area contributed by atoms with E-state index in [0.29, 0.717) is 9.90 Å². The topological polar surface area (TPSA) is 50.7 Å². The van der Waals surface area contributed by atoms with Crippen LogP contribution >= 0.6 is 34.7 Å². The number of aliphatic imine (C=N–C) groups is 1. The number of thioether (sulfide) groups is 1. The molecule has 0 radical (unpaired) electrons.